The molecule has 1 N–H and O–H groups in total. The number of benzene rings is 2. The van der Waals surface area contributed by atoms with E-state index in [9.17, 15) is 8.78 Å². The Morgan fingerprint density at radius 3 is 2.40 bits per heavy atom. The van der Waals surface area contributed by atoms with E-state index >= 15 is 0 Å². The number of anilines is 1. The van der Waals surface area contributed by atoms with Crippen molar-refractivity contribution in [1.29, 1.82) is 0 Å². The van der Waals surface area contributed by atoms with Gasteiger partial charge < -0.3 is 5.32 Å². The van der Waals surface area contributed by atoms with E-state index < -0.39 is 0 Å². The number of nitrogens with one attached hydrogen (secondary N) is 1. The summed E-state index contributed by atoms with van der Waals surface area (Å²) in [6, 6.07) is 12.2. The smallest absolute Gasteiger partial charge is 0.128 e. The topological polar surface area (TPSA) is 12.0 Å². The first-order valence-corrected chi connectivity index (χ1v) is 6.90. The number of hydrogen-bond acceptors (Lipinski definition) is 1. The summed E-state index contributed by atoms with van der Waals surface area (Å²) >= 11 is 0. The van der Waals surface area contributed by atoms with Gasteiger partial charge in [0, 0.05) is 17.3 Å². The van der Waals surface area contributed by atoms with E-state index in [0.717, 1.165) is 18.5 Å². The summed E-state index contributed by atoms with van der Waals surface area (Å²) in [7, 11) is 0. The van der Waals surface area contributed by atoms with Crippen LogP contribution in [0.1, 0.15) is 29.9 Å². The maximum atomic E-state index is 13.5. The van der Waals surface area contributed by atoms with Crippen molar-refractivity contribution in [2.75, 3.05) is 5.32 Å². The molecule has 1 fully saturated rings. The maximum absolute atomic E-state index is 13.5. The molecular weight excluding hydrogens is 256 g/mol. The van der Waals surface area contributed by atoms with Crippen LogP contribution >= 0.6 is 0 Å². The summed E-state index contributed by atoms with van der Waals surface area (Å²) in [4.78, 5) is 0. The normalized spacial score (nSPS) is 21.4. The molecule has 0 unspecified atom stereocenters. The van der Waals surface area contributed by atoms with Gasteiger partial charge >= 0.3 is 0 Å². The molecule has 2 aromatic rings. The van der Waals surface area contributed by atoms with E-state index in [-0.39, 0.29) is 11.6 Å². The first kappa shape index (κ1) is 13.1. The van der Waals surface area contributed by atoms with Crippen LogP contribution in [0.4, 0.5) is 14.5 Å². The van der Waals surface area contributed by atoms with E-state index in [1.165, 1.54) is 23.8 Å². The SMILES string of the molecule is Cc1c(F)cccc1NC1CC(c2ccc(F)cc2)C1. The fourth-order valence-electron chi connectivity index (χ4n) is 2.73. The van der Waals surface area contributed by atoms with Crippen LogP contribution in [0.15, 0.2) is 42.5 Å². The number of hydrogen-bond donors (Lipinski definition) is 1. The van der Waals surface area contributed by atoms with Crippen LogP contribution in [0, 0.1) is 18.6 Å². The van der Waals surface area contributed by atoms with E-state index in [4.69, 9.17) is 0 Å². The van der Waals surface area contributed by atoms with Crippen molar-refractivity contribution in [3.63, 3.8) is 0 Å². The van der Waals surface area contributed by atoms with Gasteiger partial charge in [0.25, 0.3) is 0 Å². The average Bonchev–Trinajstić information content (AvgIpc) is 2.39. The van der Waals surface area contributed by atoms with Crippen molar-refractivity contribution in [3.05, 3.63) is 65.2 Å². The standard InChI is InChI=1S/C17H17F2N/c1-11-16(19)3-2-4-17(11)20-15-9-13(10-15)12-5-7-14(18)8-6-12/h2-8,13,15,20H,9-10H2,1H3. The fraction of sp³-hybridized carbons (Fsp3) is 0.294. The molecule has 1 aliphatic carbocycles. The van der Waals surface area contributed by atoms with Crippen molar-refractivity contribution in [1.82, 2.24) is 0 Å². The van der Waals surface area contributed by atoms with Gasteiger partial charge in [-0.1, -0.05) is 18.2 Å². The molecule has 0 atom stereocenters. The Bertz CT molecular complexity index is 601. The largest absolute Gasteiger partial charge is 0.382 e. The Hall–Kier alpha value is -1.90. The molecule has 0 radical (unpaired) electrons. The first-order chi connectivity index (χ1) is 9.63. The molecule has 2 aromatic carbocycles. The predicted molar refractivity (Wildman–Crippen MR) is 76.9 cm³/mol. The molecular formula is C17H17F2N. The Morgan fingerprint density at radius 1 is 1.00 bits per heavy atom. The highest BCUT2D eigenvalue weighted by Gasteiger charge is 2.30. The van der Waals surface area contributed by atoms with E-state index in [1.54, 1.807) is 13.0 Å². The molecule has 20 heavy (non-hydrogen) atoms. The van der Waals surface area contributed by atoms with Crippen LogP contribution in [-0.4, -0.2) is 6.04 Å². The van der Waals surface area contributed by atoms with Gasteiger partial charge in [0.2, 0.25) is 0 Å². The molecule has 3 rings (SSSR count). The van der Waals surface area contributed by atoms with Gasteiger partial charge in [-0.05, 0) is 55.5 Å². The summed E-state index contributed by atoms with van der Waals surface area (Å²) in [6.45, 7) is 1.79. The Kier molecular flexibility index (Phi) is 3.43. The van der Waals surface area contributed by atoms with Crippen molar-refractivity contribution < 1.29 is 8.78 Å². The van der Waals surface area contributed by atoms with Gasteiger partial charge in [-0.2, -0.15) is 0 Å². The van der Waals surface area contributed by atoms with Gasteiger partial charge in [-0.25, -0.2) is 8.78 Å². The highest BCUT2D eigenvalue weighted by Crippen LogP contribution is 2.38. The van der Waals surface area contributed by atoms with Crippen LogP contribution in [0.25, 0.3) is 0 Å². The summed E-state index contributed by atoms with van der Waals surface area (Å²) in [6.07, 6.45) is 2.00. The quantitative estimate of drug-likeness (QED) is 0.859. The van der Waals surface area contributed by atoms with E-state index in [1.807, 2.05) is 18.2 Å². The first-order valence-electron chi connectivity index (χ1n) is 6.90. The lowest BCUT2D eigenvalue weighted by Crippen LogP contribution is -2.34. The Morgan fingerprint density at radius 2 is 1.70 bits per heavy atom. The molecule has 0 aliphatic heterocycles. The Labute approximate surface area is 117 Å². The minimum absolute atomic E-state index is 0.176. The zero-order valence-corrected chi connectivity index (χ0v) is 11.4. The van der Waals surface area contributed by atoms with Crippen molar-refractivity contribution in [2.24, 2.45) is 0 Å². The summed E-state index contributed by atoms with van der Waals surface area (Å²) in [5.41, 5.74) is 2.71. The van der Waals surface area contributed by atoms with Gasteiger partial charge in [-0.15, -0.1) is 0 Å². The summed E-state index contributed by atoms with van der Waals surface area (Å²) in [5.74, 6) is 0.101. The molecule has 0 spiro atoms. The third-order valence-corrected chi connectivity index (χ3v) is 4.11. The van der Waals surface area contributed by atoms with Gasteiger partial charge in [-0.3, -0.25) is 0 Å². The van der Waals surface area contributed by atoms with Crippen LogP contribution < -0.4 is 5.32 Å². The van der Waals surface area contributed by atoms with E-state index in [0.29, 0.717) is 17.5 Å². The van der Waals surface area contributed by atoms with Gasteiger partial charge in [0.05, 0.1) is 0 Å². The van der Waals surface area contributed by atoms with Crippen molar-refractivity contribution in [3.8, 4) is 0 Å². The highest BCUT2D eigenvalue weighted by molar-refractivity contribution is 5.52. The lowest BCUT2D eigenvalue weighted by atomic mass is 9.76. The van der Waals surface area contributed by atoms with Gasteiger partial charge in [0.1, 0.15) is 11.6 Å². The molecule has 0 aromatic heterocycles. The summed E-state index contributed by atoms with van der Waals surface area (Å²) in [5, 5.41) is 3.38. The second-order valence-corrected chi connectivity index (χ2v) is 5.47. The molecule has 0 bridgehead atoms. The van der Waals surface area contributed by atoms with Crippen LogP contribution in [0.3, 0.4) is 0 Å². The molecule has 0 heterocycles. The molecule has 1 saturated carbocycles. The molecule has 0 amide bonds. The monoisotopic (exact) mass is 273 g/mol. The van der Waals surface area contributed by atoms with Crippen LogP contribution in [0.5, 0.6) is 0 Å². The minimum Gasteiger partial charge on any atom is -0.382 e. The average molecular weight is 273 g/mol. The number of halogens is 2. The van der Waals surface area contributed by atoms with Gasteiger partial charge in [0.15, 0.2) is 0 Å². The lowest BCUT2D eigenvalue weighted by molar-refractivity contribution is 0.373. The van der Waals surface area contributed by atoms with Crippen molar-refractivity contribution >= 4 is 5.69 Å². The van der Waals surface area contributed by atoms with Crippen LogP contribution in [-0.2, 0) is 0 Å². The molecule has 1 aliphatic rings. The molecule has 104 valence electrons. The zero-order chi connectivity index (χ0) is 14.1. The third-order valence-electron chi connectivity index (χ3n) is 4.11. The second kappa shape index (κ2) is 5.23. The predicted octanol–water partition coefficient (Wildman–Crippen LogP) is 4.63. The maximum Gasteiger partial charge on any atom is 0.128 e. The number of rotatable bonds is 3. The lowest BCUT2D eigenvalue weighted by Gasteiger charge is -2.37. The second-order valence-electron chi connectivity index (χ2n) is 5.47. The van der Waals surface area contributed by atoms with Crippen molar-refractivity contribution in [2.45, 2.75) is 31.7 Å². The molecule has 1 nitrogen and oxygen atoms in total. The highest BCUT2D eigenvalue weighted by atomic mass is 19.1. The molecule has 3 heteroatoms. The minimum atomic E-state index is -0.196. The van der Waals surface area contributed by atoms with E-state index in [2.05, 4.69) is 5.32 Å². The third kappa shape index (κ3) is 2.53. The summed E-state index contributed by atoms with van der Waals surface area (Å²) < 4.78 is 26.3. The van der Waals surface area contributed by atoms with Crippen LogP contribution in [0.2, 0.25) is 0 Å². The molecule has 0 saturated heterocycles. The fourth-order valence-corrected chi connectivity index (χ4v) is 2.73. The zero-order valence-electron chi connectivity index (χ0n) is 11.4. The Balaban J connectivity index is 1.61.